The molecule has 1 saturated carbocycles. The molecular weight excluding hydrogens is 132 g/mol. The van der Waals surface area contributed by atoms with Crippen molar-refractivity contribution in [2.75, 3.05) is 0 Å². The van der Waals surface area contributed by atoms with E-state index in [9.17, 15) is 0 Å². The Morgan fingerprint density at radius 3 is 2.64 bits per heavy atom. The molecule has 0 aromatic heterocycles. The van der Waals surface area contributed by atoms with E-state index in [4.69, 9.17) is 0 Å². The minimum Gasteiger partial charge on any atom is -0.0845 e. The van der Waals surface area contributed by atoms with Gasteiger partial charge in [-0.15, -0.1) is 0 Å². The molecule has 0 heteroatoms. The van der Waals surface area contributed by atoms with Gasteiger partial charge in [0, 0.05) is 0 Å². The van der Waals surface area contributed by atoms with Gasteiger partial charge in [0.1, 0.15) is 0 Å². The molecule has 2 aliphatic rings. The number of fused-ring (bicyclic) bond motifs is 1. The molecule has 2 rings (SSSR count). The highest BCUT2D eigenvalue weighted by atomic mass is 14.6. The fourth-order valence-corrected chi connectivity index (χ4v) is 3.01. The molecule has 0 aliphatic heterocycles. The average molecular weight is 150 g/mol. The molecule has 0 heterocycles. The van der Waals surface area contributed by atoms with Crippen molar-refractivity contribution in [1.29, 1.82) is 0 Å². The highest BCUT2D eigenvalue weighted by molar-refractivity contribution is 5.25. The van der Waals surface area contributed by atoms with Crippen LogP contribution in [0.1, 0.15) is 46.5 Å². The summed E-state index contributed by atoms with van der Waals surface area (Å²) in [5, 5.41) is 0. The second kappa shape index (κ2) is 1.91. The molecule has 2 aliphatic carbocycles. The first-order valence-electron chi connectivity index (χ1n) is 4.76. The first-order chi connectivity index (χ1) is 5.08. The Morgan fingerprint density at radius 2 is 2.00 bits per heavy atom. The van der Waals surface area contributed by atoms with Gasteiger partial charge in [-0.1, -0.05) is 31.9 Å². The van der Waals surface area contributed by atoms with E-state index in [1.54, 1.807) is 5.57 Å². The summed E-state index contributed by atoms with van der Waals surface area (Å²) in [6.45, 7) is 7.24. The fourth-order valence-electron chi connectivity index (χ4n) is 3.01. The average Bonchev–Trinajstić information content (AvgIpc) is 2.34. The standard InChI is InChI=1S/C11H18/c1-9-5-8-10(2)6-4-7-11(9,10)3/h5H,4,6-8H2,1-3H3/t10-,11+/m0/s1. The van der Waals surface area contributed by atoms with Crippen molar-refractivity contribution in [2.45, 2.75) is 46.5 Å². The van der Waals surface area contributed by atoms with E-state index in [1.807, 2.05) is 0 Å². The zero-order valence-electron chi connectivity index (χ0n) is 7.91. The van der Waals surface area contributed by atoms with Gasteiger partial charge in [-0.3, -0.25) is 0 Å². The molecule has 0 aromatic carbocycles. The Hall–Kier alpha value is -0.260. The Morgan fingerprint density at radius 1 is 1.27 bits per heavy atom. The van der Waals surface area contributed by atoms with E-state index in [0.717, 1.165) is 0 Å². The predicted molar refractivity (Wildman–Crippen MR) is 48.4 cm³/mol. The van der Waals surface area contributed by atoms with Gasteiger partial charge in [0.05, 0.1) is 0 Å². The molecule has 2 atom stereocenters. The third-order valence-corrected chi connectivity index (χ3v) is 4.47. The van der Waals surface area contributed by atoms with Crippen molar-refractivity contribution in [2.24, 2.45) is 10.8 Å². The van der Waals surface area contributed by atoms with Gasteiger partial charge >= 0.3 is 0 Å². The summed E-state index contributed by atoms with van der Waals surface area (Å²) in [5.74, 6) is 0. The van der Waals surface area contributed by atoms with Crippen LogP contribution in [0.2, 0.25) is 0 Å². The predicted octanol–water partition coefficient (Wildman–Crippen LogP) is 3.53. The van der Waals surface area contributed by atoms with Gasteiger partial charge in [0.15, 0.2) is 0 Å². The number of rotatable bonds is 0. The first kappa shape index (κ1) is 7.39. The number of allylic oxidation sites excluding steroid dienone is 2. The van der Waals surface area contributed by atoms with E-state index in [0.29, 0.717) is 10.8 Å². The largest absolute Gasteiger partial charge is 0.0845 e. The molecule has 0 amide bonds. The SMILES string of the molecule is CC1=CC[C@]2(C)CCC[C@]12C. The molecule has 0 radical (unpaired) electrons. The maximum Gasteiger partial charge on any atom is -0.00624 e. The van der Waals surface area contributed by atoms with Crippen molar-refractivity contribution in [3.05, 3.63) is 11.6 Å². The van der Waals surface area contributed by atoms with Crippen molar-refractivity contribution in [1.82, 2.24) is 0 Å². The van der Waals surface area contributed by atoms with Gasteiger partial charge in [-0.25, -0.2) is 0 Å². The van der Waals surface area contributed by atoms with Crippen LogP contribution in [0.25, 0.3) is 0 Å². The van der Waals surface area contributed by atoms with Crippen LogP contribution in [0, 0.1) is 10.8 Å². The van der Waals surface area contributed by atoms with Crippen LogP contribution < -0.4 is 0 Å². The molecule has 0 unspecified atom stereocenters. The minimum atomic E-state index is 0.562. The smallest absolute Gasteiger partial charge is 0.00624 e. The van der Waals surface area contributed by atoms with Gasteiger partial charge in [0.25, 0.3) is 0 Å². The minimum absolute atomic E-state index is 0.562. The molecule has 1 fully saturated rings. The third kappa shape index (κ3) is 0.706. The highest BCUT2D eigenvalue weighted by Crippen LogP contribution is 2.62. The summed E-state index contributed by atoms with van der Waals surface area (Å²) in [6, 6.07) is 0. The van der Waals surface area contributed by atoms with Crippen LogP contribution in [0.15, 0.2) is 11.6 Å². The van der Waals surface area contributed by atoms with E-state index in [2.05, 4.69) is 26.8 Å². The Labute approximate surface area is 69.7 Å². The van der Waals surface area contributed by atoms with Crippen LogP contribution >= 0.6 is 0 Å². The van der Waals surface area contributed by atoms with Crippen molar-refractivity contribution < 1.29 is 0 Å². The third-order valence-electron chi connectivity index (χ3n) is 4.47. The topological polar surface area (TPSA) is 0 Å². The van der Waals surface area contributed by atoms with Gasteiger partial charge in [-0.05, 0) is 37.0 Å². The lowest BCUT2D eigenvalue weighted by Gasteiger charge is -2.36. The molecule has 11 heavy (non-hydrogen) atoms. The summed E-state index contributed by atoms with van der Waals surface area (Å²) in [5.41, 5.74) is 2.84. The number of hydrogen-bond acceptors (Lipinski definition) is 0. The maximum atomic E-state index is 2.47. The van der Waals surface area contributed by atoms with Gasteiger partial charge in [0.2, 0.25) is 0 Å². The molecular formula is C11H18. The second-order valence-electron chi connectivity index (χ2n) is 4.84. The van der Waals surface area contributed by atoms with E-state index in [1.165, 1.54) is 25.7 Å². The highest BCUT2D eigenvalue weighted by Gasteiger charge is 2.51. The van der Waals surface area contributed by atoms with Crippen molar-refractivity contribution >= 4 is 0 Å². The van der Waals surface area contributed by atoms with Crippen LogP contribution in [0.3, 0.4) is 0 Å². The Kier molecular flexibility index (Phi) is 1.28. The van der Waals surface area contributed by atoms with Crippen LogP contribution in [-0.4, -0.2) is 0 Å². The summed E-state index contributed by atoms with van der Waals surface area (Å²) >= 11 is 0. The van der Waals surface area contributed by atoms with Crippen molar-refractivity contribution in [3.8, 4) is 0 Å². The summed E-state index contributed by atoms with van der Waals surface area (Å²) < 4.78 is 0. The lowest BCUT2D eigenvalue weighted by molar-refractivity contribution is 0.178. The van der Waals surface area contributed by atoms with Crippen LogP contribution in [0.4, 0.5) is 0 Å². The molecule has 62 valence electrons. The molecule has 0 spiro atoms. The summed E-state index contributed by atoms with van der Waals surface area (Å²) in [6.07, 6.45) is 8.09. The molecule has 0 saturated heterocycles. The Bertz CT molecular complexity index is 214. The zero-order valence-corrected chi connectivity index (χ0v) is 7.91. The van der Waals surface area contributed by atoms with Gasteiger partial charge in [-0.2, -0.15) is 0 Å². The van der Waals surface area contributed by atoms with Crippen LogP contribution in [0.5, 0.6) is 0 Å². The Balaban J connectivity index is 2.41. The molecule has 0 bridgehead atoms. The summed E-state index contributed by atoms with van der Waals surface area (Å²) in [7, 11) is 0. The first-order valence-corrected chi connectivity index (χ1v) is 4.76. The molecule has 0 nitrogen and oxygen atoms in total. The lowest BCUT2D eigenvalue weighted by Crippen LogP contribution is -2.28. The monoisotopic (exact) mass is 150 g/mol. The van der Waals surface area contributed by atoms with E-state index >= 15 is 0 Å². The maximum absolute atomic E-state index is 2.47. The summed E-state index contributed by atoms with van der Waals surface area (Å²) in [4.78, 5) is 0. The van der Waals surface area contributed by atoms with Gasteiger partial charge < -0.3 is 0 Å². The fraction of sp³-hybridized carbons (Fsp3) is 0.818. The number of hydrogen-bond donors (Lipinski definition) is 0. The molecule has 0 N–H and O–H groups in total. The normalized spacial score (nSPS) is 49.2. The van der Waals surface area contributed by atoms with Crippen LogP contribution in [-0.2, 0) is 0 Å². The lowest BCUT2D eigenvalue weighted by atomic mass is 9.68. The van der Waals surface area contributed by atoms with Crippen molar-refractivity contribution in [3.63, 3.8) is 0 Å². The molecule has 0 aromatic rings. The van der Waals surface area contributed by atoms with E-state index < -0.39 is 0 Å². The zero-order chi connectivity index (χ0) is 8.11. The quantitative estimate of drug-likeness (QED) is 0.463. The van der Waals surface area contributed by atoms with E-state index in [-0.39, 0.29) is 0 Å². The second-order valence-corrected chi connectivity index (χ2v) is 4.84.